The van der Waals surface area contributed by atoms with Gasteiger partial charge in [0.2, 0.25) is 0 Å². The third-order valence-electron chi connectivity index (χ3n) is 0.929. The Bertz CT molecular complexity index is 132. The van der Waals surface area contributed by atoms with Crippen LogP contribution in [0.1, 0.15) is 6.92 Å². The zero-order valence-corrected chi connectivity index (χ0v) is 6.51. The molecule has 0 radical (unpaired) electrons. The van der Waals surface area contributed by atoms with E-state index in [1.165, 1.54) is 0 Å². The Kier molecular flexibility index (Phi) is 3.76. The van der Waals surface area contributed by atoms with Gasteiger partial charge in [0.1, 0.15) is 14.1 Å². The standard InChI is InChI=1S/C7H14NO/c1-7(9-4)5-6-8(2)3/h5-6H,1-4H3/q+1/b7-5+. The van der Waals surface area contributed by atoms with Gasteiger partial charge in [-0.2, -0.15) is 0 Å². The second kappa shape index (κ2) is 4.13. The Morgan fingerprint density at radius 3 is 2.33 bits per heavy atom. The molecule has 0 aromatic carbocycles. The lowest BCUT2D eigenvalue weighted by Gasteiger charge is -1.92. The Balaban J connectivity index is 3.83. The summed E-state index contributed by atoms with van der Waals surface area (Å²) in [6.07, 6.45) is 3.86. The first-order valence-corrected chi connectivity index (χ1v) is 2.89. The van der Waals surface area contributed by atoms with Gasteiger partial charge in [-0.1, -0.05) is 0 Å². The zero-order valence-electron chi connectivity index (χ0n) is 6.51. The minimum atomic E-state index is 0.920. The first kappa shape index (κ1) is 8.21. The minimum Gasteiger partial charge on any atom is -0.501 e. The third kappa shape index (κ3) is 5.07. The Hall–Kier alpha value is -0.790. The van der Waals surface area contributed by atoms with Crippen molar-refractivity contribution >= 4 is 6.21 Å². The highest BCUT2D eigenvalue weighted by Crippen LogP contribution is 1.87. The smallest absolute Gasteiger partial charge is 0.166 e. The van der Waals surface area contributed by atoms with Crippen LogP contribution < -0.4 is 0 Å². The van der Waals surface area contributed by atoms with Crippen LogP contribution in [-0.2, 0) is 4.74 Å². The second-order valence-corrected chi connectivity index (χ2v) is 2.09. The molecule has 0 bridgehead atoms. The maximum Gasteiger partial charge on any atom is 0.166 e. The van der Waals surface area contributed by atoms with Crippen LogP contribution in [0.25, 0.3) is 0 Å². The van der Waals surface area contributed by atoms with Gasteiger partial charge in [0.05, 0.1) is 12.9 Å². The molecule has 0 saturated carbocycles. The van der Waals surface area contributed by atoms with Gasteiger partial charge >= 0.3 is 0 Å². The Morgan fingerprint density at radius 2 is 2.00 bits per heavy atom. The van der Waals surface area contributed by atoms with E-state index in [1.54, 1.807) is 7.11 Å². The van der Waals surface area contributed by atoms with Crippen molar-refractivity contribution in [1.29, 1.82) is 0 Å². The van der Waals surface area contributed by atoms with Crippen molar-refractivity contribution in [2.24, 2.45) is 0 Å². The molecule has 0 aliphatic rings. The number of nitrogens with zero attached hydrogens (tertiary/aromatic N) is 1. The summed E-state index contributed by atoms with van der Waals surface area (Å²) in [6.45, 7) is 1.92. The van der Waals surface area contributed by atoms with Crippen LogP contribution in [0.3, 0.4) is 0 Å². The van der Waals surface area contributed by atoms with E-state index < -0.39 is 0 Å². The molecular weight excluding hydrogens is 114 g/mol. The van der Waals surface area contributed by atoms with Gasteiger partial charge in [-0.3, -0.25) is 0 Å². The van der Waals surface area contributed by atoms with E-state index in [0.717, 1.165) is 5.76 Å². The van der Waals surface area contributed by atoms with Gasteiger partial charge in [-0.15, -0.1) is 0 Å². The molecule has 0 aromatic rings. The number of hydrogen-bond acceptors (Lipinski definition) is 1. The predicted molar refractivity (Wildman–Crippen MR) is 38.9 cm³/mol. The number of ether oxygens (including phenoxy) is 1. The molecule has 0 unspecified atom stereocenters. The van der Waals surface area contributed by atoms with Crippen molar-refractivity contribution in [3.05, 3.63) is 11.8 Å². The Labute approximate surface area is 56.5 Å². The van der Waals surface area contributed by atoms with E-state index in [2.05, 4.69) is 0 Å². The second-order valence-electron chi connectivity index (χ2n) is 2.09. The molecule has 2 nitrogen and oxygen atoms in total. The van der Waals surface area contributed by atoms with E-state index in [1.807, 2.05) is 37.9 Å². The lowest BCUT2D eigenvalue weighted by molar-refractivity contribution is -0.458. The highest BCUT2D eigenvalue weighted by molar-refractivity contribution is 5.66. The van der Waals surface area contributed by atoms with Crippen molar-refractivity contribution in [3.8, 4) is 0 Å². The van der Waals surface area contributed by atoms with Gasteiger partial charge in [0.15, 0.2) is 6.21 Å². The topological polar surface area (TPSA) is 12.2 Å². The predicted octanol–water partition coefficient (Wildman–Crippen LogP) is 0.879. The normalized spacial score (nSPS) is 10.9. The van der Waals surface area contributed by atoms with E-state index in [-0.39, 0.29) is 0 Å². The van der Waals surface area contributed by atoms with Gasteiger partial charge < -0.3 is 4.74 Å². The molecule has 0 aromatic heterocycles. The molecule has 0 amide bonds. The molecule has 0 saturated heterocycles. The first-order valence-electron chi connectivity index (χ1n) is 2.89. The maximum absolute atomic E-state index is 4.90. The quantitative estimate of drug-likeness (QED) is 0.305. The van der Waals surface area contributed by atoms with Gasteiger partial charge in [0, 0.05) is 6.08 Å². The van der Waals surface area contributed by atoms with E-state index >= 15 is 0 Å². The van der Waals surface area contributed by atoms with Crippen LogP contribution in [0.4, 0.5) is 0 Å². The Morgan fingerprint density at radius 1 is 1.44 bits per heavy atom. The molecule has 0 fully saturated rings. The molecule has 0 heterocycles. The number of allylic oxidation sites excluding steroid dienone is 2. The molecule has 0 aliphatic heterocycles. The molecular formula is C7H14NO+. The first-order chi connectivity index (χ1) is 4.16. The fraction of sp³-hybridized carbons (Fsp3) is 0.571. The SMILES string of the molecule is CO/C(C)=C/C=[N+](C)C. The highest BCUT2D eigenvalue weighted by Gasteiger charge is 1.82. The van der Waals surface area contributed by atoms with Crippen LogP contribution in [-0.4, -0.2) is 32.0 Å². The summed E-state index contributed by atoms with van der Waals surface area (Å²) in [5.41, 5.74) is 0. The molecule has 9 heavy (non-hydrogen) atoms. The monoisotopic (exact) mass is 128 g/mol. The lowest BCUT2D eigenvalue weighted by atomic mass is 10.5. The average Bonchev–Trinajstić information content (AvgIpc) is 1.83. The van der Waals surface area contributed by atoms with Crippen molar-refractivity contribution in [3.63, 3.8) is 0 Å². The summed E-state index contributed by atoms with van der Waals surface area (Å²) >= 11 is 0. The fourth-order valence-electron chi connectivity index (χ4n) is 0.322. The average molecular weight is 128 g/mol. The molecule has 0 N–H and O–H groups in total. The molecule has 52 valence electrons. The van der Waals surface area contributed by atoms with E-state index in [0.29, 0.717) is 0 Å². The largest absolute Gasteiger partial charge is 0.501 e. The summed E-state index contributed by atoms with van der Waals surface area (Å²) in [4.78, 5) is 0. The van der Waals surface area contributed by atoms with Crippen LogP contribution in [0.2, 0.25) is 0 Å². The maximum atomic E-state index is 4.90. The molecule has 0 aliphatic carbocycles. The number of methoxy groups -OCH3 is 1. The van der Waals surface area contributed by atoms with Gasteiger partial charge in [-0.25, -0.2) is 4.58 Å². The number of hydrogen-bond donors (Lipinski definition) is 0. The van der Waals surface area contributed by atoms with Gasteiger partial charge in [0.25, 0.3) is 0 Å². The third-order valence-corrected chi connectivity index (χ3v) is 0.929. The van der Waals surface area contributed by atoms with E-state index in [4.69, 9.17) is 4.74 Å². The summed E-state index contributed by atoms with van der Waals surface area (Å²) in [7, 11) is 5.61. The molecule has 0 rings (SSSR count). The summed E-state index contributed by atoms with van der Waals surface area (Å²) in [5, 5.41) is 0. The minimum absolute atomic E-state index is 0.920. The summed E-state index contributed by atoms with van der Waals surface area (Å²) < 4.78 is 6.86. The van der Waals surface area contributed by atoms with Crippen LogP contribution in [0.5, 0.6) is 0 Å². The van der Waals surface area contributed by atoms with Crippen LogP contribution >= 0.6 is 0 Å². The highest BCUT2D eigenvalue weighted by atomic mass is 16.5. The fourth-order valence-corrected chi connectivity index (χ4v) is 0.322. The zero-order chi connectivity index (χ0) is 7.28. The van der Waals surface area contributed by atoms with Crippen molar-refractivity contribution in [2.45, 2.75) is 6.92 Å². The molecule has 0 spiro atoms. The molecule has 0 atom stereocenters. The summed E-state index contributed by atoms with van der Waals surface area (Å²) in [5.74, 6) is 0.920. The lowest BCUT2D eigenvalue weighted by Crippen LogP contribution is -1.96. The van der Waals surface area contributed by atoms with Crippen molar-refractivity contribution in [2.75, 3.05) is 21.2 Å². The number of rotatable bonds is 2. The van der Waals surface area contributed by atoms with Crippen molar-refractivity contribution in [1.82, 2.24) is 0 Å². The molecule has 2 heteroatoms. The van der Waals surface area contributed by atoms with Crippen LogP contribution in [0, 0.1) is 0 Å². The van der Waals surface area contributed by atoms with Crippen molar-refractivity contribution < 1.29 is 9.31 Å². The summed E-state index contributed by atoms with van der Waals surface area (Å²) in [6, 6.07) is 0. The van der Waals surface area contributed by atoms with E-state index in [9.17, 15) is 0 Å². The van der Waals surface area contributed by atoms with Crippen LogP contribution in [0.15, 0.2) is 11.8 Å². The van der Waals surface area contributed by atoms with Gasteiger partial charge in [-0.05, 0) is 6.92 Å².